The molecule has 0 heterocycles. The molecule has 0 atom stereocenters. The van der Waals surface area contributed by atoms with Crippen molar-refractivity contribution in [3.05, 3.63) is 125 Å². The monoisotopic (exact) mass is 449 g/mol. The molecule has 0 unspecified atom stereocenters. The number of amides is 1. The third-order valence-corrected chi connectivity index (χ3v) is 5.28. The molecule has 0 bridgehead atoms. The molecule has 0 aliphatic carbocycles. The summed E-state index contributed by atoms with van der Waals surface area (Å²) in [5.74, 6) is -0.827. The SMILES string of the molecule is N=C(N)c1ccc(NC(=O)c2ccccc2-c2ccccc2C(=O)OCc2ccccc2)cc1. The number of benzene rings is 4. The highest BCUT2D eigenvalue weighted by atomic mass is 16.5. The molecule has 4 N–H and O–H groups in total. The van der Waals surface area contributed by atoms with E-state index >= 15 is 0 Å². The summed E-state index contributed by atoms with van der Waals surface area (Å²) in [6, 6.07) is 30.3. The maximum atomic E-state index is 13.1. The summed E-state index contributed by atoms with van der Waals surface area (Å²) in [5.41, 5.74) is 9.55. The minimum absolute atomic E-state index is 0.0426. The molecular formula is C28H23N3O3. The Balaban J connectivity index is 1.59. The summed E-state index contributed by atoms with van der Waals surface area (Å²) < 4.78 is 5.54. The Labute approximate surface area is 197 Å². The molecule has 4 aromatic rings. The van der Waals surface area contributed by atoms with E-state index in [0.29, 0.717) is 33.5 Å². The first-order valence-electron chi connectivity index (χ1n) is 10.7. The third-order valence-electron chi connectivity index (χ3n) is 5.28. The van der Waals surface area contributed by atoms with Crippen molar-refractivity contribution in [2.24, 2.45) is 5.73 Å². The summed E-state index contributed by atoms with van der Waals surface area (Å²) in [6.45, 7) is 0.159. The summed E-state index contributed by atoms with van der Waals surface area (Å²) in [7, 11) is 0. The van der Waals surface area contributed by atoms with Gasteiger partial charge >= 0.3 is 5.97 Å². The van der Waals surface area contributed by atoms with E-state index in [-0.39, 0.29) is 18.3 Å². The van der Waals surface area contributed by atoms with E-state index in [1.165, 1.54) is 0 Å². The van der Waals surface area contributed by atoms with Gasteiger partial charge in [-0.05, 0) is 53.1 Å². The van der Waals surface area contributed by atoms with Crippen LogP contribution in [0.15, 0.2) is 103 Å². The van der Waals surface area contributed by atoms with Crippen LogP contribution in [0, 0.1) is 5.41 Å². The number of nitrogens with one attached hydrogen (secondary N) is 2. The van der Waals surface area contributed by atoms with Gasteiger partial charge in [-0.15, -0.1) is 0 Å². The normalized spacial score (nSPS) is 10.4. The van der Waals surface area contributed by atoms with Gasteiger partial charge in [-0.2, -0.15) is 0 Å². The topological polar surface area (TPSA) is 105 Å². The van der Waals surface area contributed by atoms with E-state index in [9.17, 15) is 9.59 Å². The fraction of sp³-hybridized carbons (Fsp3) is 0.0357. The molecule has 0 radical (unpaired) electrons. The fourth-order valence-corrected chi connectivity index (χ4v) is 3.54. The minimum atomic E-state index is -0.463. The predicted octanol–water partition coefficient (Wildman–Crippen LogP) is 5.25. The highest BCUT2D eigenvalue weighted by Crippen LogP contribution is 2.28. The lowest BCUT2D eigenvalue weighted by atomic mass is 9.95. The number of carbonyl (C=O) groups is 2. The van der Waals surface area contributed by atoms with Gasteiger partial charge in [-0.3, -0.25) is 10.2 Å². The number of nitrogens with two attached hydrogens (primary N) is 1. The first-order chi connectivity index (χ1) is 16.5. The highest BCUT2D eigenvalue weighted by molar-refractivity contribution is 6.10. The Morgan fingerprint density at radius 1 is 0.735 bits per heavy atom. The van der Waals surface area contributed by atoms with Crippen molar-refractivity contribution >= 4 is 23.4 Å². The molecule has 0 aromatic heterocycles. The Kier molecular flexibility index (Phi) is 6.79. The van der Waals surface area contributed by atoms with E-state index in [1.54, 1.807) is 60.7 Å². The third kappa shape index (κ3) is 5.19. The highest BCUT2D eigenvalue weighted by Gasteiger charge is 2.19. The van der Waals surface area contributed by atoms with Crippen molar-refractivity contribution < 1.29 is 14.3 Å². The predicted molar refractivity (Wildman–Crippen MR) is 133 cm³/mol. The number of carbonyl (C=O) groups excluding carboxylic acids is 2. The molecule has 0 saturated heterocycles. The molecule has 34 heavy (non-hydrogen) atoms. The quantitative estimate of drug-likeness (QED) is 0.204. The molecular weight excluding hydrogens is 426 g/mol. The zero-order chi connectivity index (χ0) is 23.9. The zero-order valence-corrected chi connectivity index (χ0v) is 18.3. The lowest BCUT2D eigenvalue weighted by Gasteiger charge is -2.14. The number of esters is 1. The van der Waals surface area contributed by atoms with Crippen LogP contribution in [0.1, 0.15) is 31.8 Å². The molecule has 0 saturated carbocycles. The first-order valence-corrected chi connectivity index (χ1v) is 10.7. The number of anilines is 1. The summed E-state index contributed by atoms with van der Waals surface area (Å²) >= 11 is 0. The molecule has 168 valence electrons. The van der Waals surface area contributed by atoms with Gasteiger partial charge in [0.1, 0.15) is 12.4 Å². The van der Waals surface area contributed by atoms with E-state index < -0.39 is 5.97 Å². The lowest BCUT2D eigenvalue weighted by molar-refractivity contribution is 0.0473. The van der Waals surface area contributed by atoms with Gasteiger partial charge in [0, 0.05) is 16.8 Å². The second-order valence-corrected chi connectivity index (χ2v) is 7.60. The molecule has 0 aliphatic heterocycles. The van der Waals surface area contributed by atoms with Crippen LogP contribution >= 0.6 is 0 Å². The number of hydrogen-bond donors (Lipinski definition) is 3. The Bertz CT molecular complexity index is 1330. The van der Waals surface area contributed by atoms with E-state index in [0.717, 1.165) is 5.56 Å². The first kappa shape index (κ1) is 22.5. The van der Waals surface area contributed by atoms with Crippen LogP contribution in [-0.4, -0.2) is 17.7 Å². The Morgan fingerprint density at radius 3 is 1.94 bits per heavy atom. The molecule has 4 aromatic carbocycles. The number of hydrogen-bond acceptors (Lipinski definition) is 4. The van der Waals surface area contributed by atoms with E-state index in [2.05, 4.69) is 5.32 Å². The standard InChI is InChI=1S/C28H23N3O3/c29-26(30)20-14-16-21(17-15-20)31-27(32)24-12-6-4-10-22(24)23-11-5-7-13-25(23)28(33)34-18-19-8-2-1-3-9-19/h1-17H,18H2,(H3,29,30)(H,31,32). The van der Waals surface area contributed by atoms with Crippen LogP contribution in [0.5, 0.6) is 0 Å². The summed E-state index contributed by atoms with van der Waals surface area (Å²) in [5, 5.41) is 10.4. The zero-order valence-electron chi connectivity index (χ0n) is 18.3. The lowest BCUT2D eigenvalue weighted by Crippen LogP contribution is -2.15. The molecule has 0 aliphatic rings. The summed E-state index contributed by atoms with van der Waals surface area (Å²) in [6.07, 6.45) is 0. The molecule has 4 rings (SSSR count). The van der Waals surface area contributed by atoms with Gasteiger partial charge in [0.05, 0.1) is 5.56 Å². The van der Waals surface area contributed by atoms with Crippen LogP contribution in [0.3, 0.4) is 0 Å². The second kappa shape index (κ2) is 10.3. The van der Waals surface area contributed by atoms with Crippen molar-refractivity contribution in [1.29, 1.82) is 5.41 Å². The number of rotatable bonds is 7. The van der Waals surface area contributed by atoms with Crippen LogP contribution in [0.2, 0.25) is 0 Å². The van der Waals surface area contributed by atoms with Gasteiger partial charge in [-0.25, -0.2) is 4.79 Å². The van der Waals surface area contributed by atoms with Crippen LogP contribution < -0.4 is 11.1 Å². The van der Waals surface area contributed by atoms with E-state index in [4.69, 9.17) is 15.9 Å². The average Bonchev–Trinajstić information content (AvgIpc) is 2.88. The minimum Gasteiger partial charge on any atom is -0.457 e. The Morgan fingerprint density at radius 2 is 1.29 bits per heavy atom. The van der Waals surface area contributed by atoms with Crippen molar-refractivity contribution in [2.45, 2.75) is 6.61 Å². The average molecular weight is 450 g/mol. The number of nitrogen functional groups attached to an aromatic ring is 1. The van der Waals surface area contributed by atoms with Crippen LogP contribution in [-0.2, 0) is 11.3 Å². The van der Waals surface area contributed by atoms with Gasteiger partial charge in [0.15, 0.2) is 0 Å². The van der Waals surface area contributed by atoms with Crippen molar-refractivity contribution in [1.82, 2.24) is 0 Å². The van der Waals surface area contributed by atoms with Crippen molar-refractivity contribution in [3.8, 4) is 11.1 Å². The van der Waals surface area contributed by atoms with Crippen molar-refractivity contribution in [2.75, 3.05) is 5.32 Å². The maximum Gasteiger partial charge on any atom is 0.339 e. The van der Waals surface area contributed by atoms with Gasteiger partial charge in [-0.1, -0.05) is 66.7 Å². The fourth-order valence-electron chi connectivity index (χ4n) is 3.54. The van der Waals surface area contributed by atoms with Gasteiger partial charge in [0.2, 0.25) is 0 Å². The molecule has 0 fully saturated rings. The molecule has 0 spiro atoms. The second-order valence-electron chi connectivity index (χ2n) is 7.60. The Hall–Kier alpha value is -4.71. The smallest absolute Gasteiger partial charge is 0.339 e. The summed E-state index contributed by atoms with van der Waals surface area (Å²) in [4.78, 5) is 26.0. The molecule has 6 heteroatoms. The number of ether oxygens (including phenoxy) is 1. The van der Waals surface area contributed by atoms with Gasteiger partial charge < -0.3 is 15.8 Å². The van der Waals surface area contributed by atoms with Gasteiger partial charge in [0.25, 0.3) is 5.91 Å². The molecule has 6 nitrogen and oxygen atoms in total. The van der Waals surface area contributed by atoms with Crippen LogP contribution in [0.25, 0.3) is 11.1 Å². The molecule has 1 amide bonds. The van der Waals surface area contributed by atoms with E-state index in [1.807, 2.05) is 42.5 Å². The van der Waals surface area contributed by atoms with Crippen LogP contribution in [0.4, 0.5) is 5.69 Å². The van der Waals surface area contributed by atoms with Crippen molar-refractivity contribution in [3.63, 3.8) is 0 Å². The maximum absolute atomic E-state index is 13.1. The largest absolute Gasteiger partial charge is 0.457 e. The number of amidine groups is 1.